The molecule has 0 N–H and O–H groups in total. The summed E-state index contributed by atoms with van der Waals surface area (Å²) >= 11 is 0. The van der Waals surface area contributed by atoms with Gasteiger partial charge in [0.15, 0.2) is 0 Å². The summed E-state index contributed by atoms with van der Waals surface area (Å²) in [4.78, 5) is 17.1. The monoisotopic (exact) mass is 379 g/mol. The summed E-state index contributed by atoms with van der Waals surface area (Å²) in [7, 11) is -1.57. The fourth-order valence-electron chi connectivity index (χ4n) is 3.75. The predicted octanol–water partition coefficient (Wildman–Crippen LogP) is 1.88. The second kappa shape index (κ2) is 7.29. The number of likely N-dealkylation sites (tertiary alicyclic amines) is 1. The third-order valence-electron chi connectivity index (χ3n) is 5.37. The molecule has 7 heteroatoms. The number of nitrogens with zero attached hydrogens (tertiary/aromatic N) is 3. The highest BCUT2D eigenvalue weighted by Crippen LogP contribution is 2.29. The normalized spacial score (nSPS) is 22.3. The van der Waals surface area contributed by atoms with Crippen molar-refractivity contribution in [1.29, 1.82) is 0 Å². The molecule has 2 aliphatic heterocycles. The zero-order valence-corrected chi connectivity index (χ0v) is 16.8. The maximum absolute atomic E-state index is 12.9. The molecule has 3 rings (SSSR count). The van der Waals surface area contributed by atoms with Crippen molar-refractivity contribution < 1.29 is 13.2 Å². The molecule has 0 aliphatic carbocycles. The molecule has 0 aromatic heterocycles. The van der Waals surface area contributed by atoms with Gasteiger partial charge in [-0.15, -0.1) is 0 Å². The lowest BCUT2D eigenvalue weighted by Crippen LogP contribution is -2.47. The molecular weight excluding hydrogens is 350 g/mol. The first kappa shape index (κ1) is 19.3. The molecule has 6 nitrogen and oxygen atoms in total. The van der Waals surface area contributed by atoms with E-state index in [-0.39, 0.29) is 16.2 Å². The Morgan fingerprint density at radius 2 is 1.77 bits per heavy atom. The molecule has 1 aromatic carbocycles. The maximum atomic E-state index is 12.9. The molecule has 0 radical (unpaired) electrons. The Morgan fingerprint density at radius 3 is 2.42 bits per heavy atom. The number of piperazine rings is 1. The van der Waals surface area contributed by atoms with Gasteiger partial charge in [-0.25, -0.2) is 8.42 Å². The minimum absolute atomic E-state index is 0.0757. The average Bonchev–Trinajstić information content (AvgIpc) is 2.61. The van der Waals surface area contributed by atoms with Crippen LogP contribution in [0.25, 0.3) is 0 Å². The number of sulfonamides is 1. The van der Waals surface area contributed by atoms with E-state index in [1.165, 1.54) is 10.4 Å². The van der Waals surface area contributed by atoms with Gasteiger partial charge >= 0.3 is 0 Å². The van der Waals surface area contributed by atoms with Crippen LogP contribution in [0.2, 0.25) is 0 Å². The Labute approximate surface area is 156 Å². The lowest BCUT2D eigenvalue weighted by Gasteiger charge is -2.38. The zero-order chi connectivity index (χ0) is 18.9. The SMILES string of the molecule is CN1CCN(S(=O)(=O)c2cccc(C(=O)N3CCCC(C)(C)C3)c2)CC1. The molecule has 2 fully saturated rings. The van der Waals surface area contributed by atoms with Crippen LogP contribution in [0.1, 0.15) is 37.0 Å². The summed E-state index contributed by atoms with van der Waals surface area (Å²) in [5, 5.41) is 0. The lowest BCUT2D eigenvalue weighted by atomic mass is 9.84. The van der Waals surface area contributed by atoms with Gasteiger partial charge in [0, 0.05) is 44.8 Å². The van der Waals surface area contributed by atoms with E-state index in [2.05, 4.69) is 18.7 Å². The second-order valence-corrected chi connectivity index (χ2v) is 10.2. The highest BCUT2D eigenvalue weighted by Gasteiger charge is 2.31. The van der Waals surface area contributed by atoms with E-state index in [0.29, 0.717) is 25.2 Å². The molecule has 0 atom stereocenters. The number of likely N-dealkylation sites (N-methyl/N-ethyl adjacent to an activating group) is 1. The first-order valence-electron chi connectivity index (χ1n) is 9.27. The quantitative estimate of drug-likeness (QED) is 0.805. The Bertz CT molecular complexity index is 768. The van der Waals surface area contributed by atoms with Gasteiger partial charge in [-0.2, -0.15) is 4.31 Å². The Balaban J connectivity index is 1.80. The number of amides is 1. The molecule has 2 saturated heterocycles. The van der Waals surface area contributed by atoms with Crippen LogP contribution in [0.15, 0.2) is 29.2 Å². The van der Waals surface area contributed by atoms with E-state index in [9.17, 15) is 13.2 Å². The third kappa shape index (κ3) is 4.10. The van der Waals surface area contributed by atoms with Crippen LogP contribution in [-0.2, 0) is 10.0 Å². The number of carbonyl (C=O) groups excluding carboxylic acids is 1. The maximum Gasteiger partial charge on any atom is 0.253 e. The highest BCUT2D eigenvalue weighted by molar-refractivity contribution is 7.89. The van der Waals surface area contributed by atoms with Crippen molar-refractivity contribution in [2.75, 3.05) is 46.3 Å². The van der Waals surface area contributed by atoms with Gasteiger partial charge in [0.05, 0.1) is 4.90 Å². The van der Waals surface area contributed by atoms with Crippen LogP contribution in [0.4, 0.5) is 0 Å². The van der Waals surface area contributed by atoms with E-state index in [1.807, 2.05) is 11.9 Å². The molecule has 2 aliphatic rings. The van der Waals surface area contributed by atoms with Crippen LogP contribution in [0.5, 0.6) is 0 Å². The molecule has 1 amide bonds. The number of benzene rings is 1. The van der Waals surface area contributed by atoms with Crippen molar-refractivity contribution in [3.05, 3.63) is 29.8 Å². The van der Waals surface area contributed by atoms with Crippen LogP contribution in [-0.4, -0.2) is 74.7 Å². The standard InChI is InChI=1S/C19H29N3O3S/c1-19(2)8-5-9-21(15-19)18(23)16-6-4-7-17(14-16)26(24,25)22-12-10-20(3)11-13-22/h4,6-7,14H,5,8-13,15H2,1-3H3. The molecule has 1 aromatic rings. The van der Waals surface area contributed by atoms with Crippen LogP contribution in [0, 0.1) is 5.41 Å². The number of hydrogen-bond donors (Lipinski definition) is 0. The van der Waals surface area contributed by atoms with Crippen molar-refractivity contribution in [3.8, 4) is 0 Å². The van der Waals surface area contributed by atoms with Crippen molar-refractivity contribution >= 4 is 15.9 Å². The fourth-order valence-corrected chi connectivity index (χ4v) is 5.21. The molecular formula is C19H29N3O3S. The van der Waals surface area contributed by atoms with Gasteiger partial charge < -0.3 is 9.80 Å². The Morgan fingerprint density at radius 1 is 1.08 bits per heavy atom. The second-order valence-electron chi connectivity index (χ2n) is 8.23. The molecule has 0 saturated carbocycles. The van der Waals surface area contributed by atoms with Gasteiger partial charge in [0.1, 0.15) is 0 Å². The van der Waals surface area contributed by atoms with Gasteiger partial charge in [-0.3, -0.25) is 4.79 Å². The van der Waals surface area contributed by atoms with Crippen LogP contribution in [0.3, 0.4) is 0 Å². The van der Waals surface area contributed by atoms with Crippen molar-refractivity contribution in [3.63, 3.8) is 0 Å². The predicted molar refractivity (Wildman–Crippen MR) is 102 cm³/mol. The number of rotatable bonds is 3. The summed E-state index contributed by atoms with van der Waals surface area (Å²) < 4.78 is 27.4. The van der Waals surface area contributed by atoms with Gasteiger partial charge in [-0.05, 0) is 43.5 Å². The summed E-state index contributed by atoms with van der Waals surface area (Å²) in [5.74, 6) is -0.0757. The van der Waals surface area contributed by atoms with E-state index in [1.54, 1.807) is 18.2 Å². The summed E-state index contributed by atoms with van der Waals surface area (Å²) in [6.45, 7) is 8.19. The molecule has 26 heavy (non-hydrogen) atoms. The van der Waals surface area contributed by atoms with E-state index in [0.717, 1.165) is 32.5 Å². The van der Waals surface area contributed by atoms with Gasteiger partial charge in [0.25, 0.3) is 5.91 Å². The summed E-state index contributed by atoms with van der Waals surface area (Å²) in [5.41, 5.74) is 0.565. The summed E-state index contributed by atoms with van der Waals surface area (Å²) in [6.07, 6.45) is 2.09. The van der Waals surface area contributed by atoms with Crippen molar-refractivity contribution in [1.82, 2.24) is 14.1 Å². The lowest BCUT2D eigenvalue weighted by molar-refractivity contribution is 0.0583. The zero-order valence-electron chi connectivity index (χ0n) is 15.9. The fraction of sp³-hybridized carbons (Fsp3) is 0.632. The largest absolute Gasteiger partial charge is 0.338 e. The topological polar surface area (TPSA) is 60.9 Å². The summed E-state index contributed by atoms with van der Waals surface area (Å²) in [6, 6.07) is 6.51. The minimum atomic E-state index is -3.56. The number of piperidine rings is 1. The van der Waals surface area contributed by atoms with Crippen LogP contribution < -0.4 is 0 Å². The Hall–Kier alpha value is -1.44. The molecule has 144 valence electrons. The smallest absolute Gasteiger partial charge is 0.253 e. The number of hydrogen-bond acceptors (Lipinski definition) is 4. The number of carbonyl (C=O) groups is 1. The average molecular weight is 380 g/mol. The first-order valence-corrected chi connectivity index (χ1v) is 10.7. The molecule has 0 unspecified atom stereocenters. The van der Waals surface area contributed by atoms with Crippen molar-refractivity contribution in [2.24, 2.45) is 5.41 Å². The highest BCUT2D eigenvalue weighted by atomic mass is 32.2. The minimum Gasteiger partial charge on any atom is -0.338 e. The molecule has 0 spiro atoms. The first-order chi connectivity index (χ1) is 12.2. The van der Waals surface area contributed by atoms with E-state index < -0.39 is 10.0 Å². The van der Waals surface area contributed by atoms with Gasteiger partial charge in [-0.1, -0.05) is 19.9 Å². The van der Waals surface area contributed by atoms with Crippen molar-refractivity contribution in [2.45, 2.75) is 31.6 Å². The molecule has 2 heterocycles. The molecule has 0 bridgehead atoms. The van der Waals surface area contributed by atoms with E-state index >= 15 is 0 Å². The van der Waals surface area contributed by atoms with Gasteiger partial charge in [0.2, 0.25) is 10.0 Å². The third-order valence-corrected chi connectivity index (χ3v) is 7.26. The van der Waals surface area contributed by atoms with Crippen LogP contribution >= 0.6 is 0 Å². The van der Waals surface area contributed by atoms with E-state index in [4.69, 9.17) is 0 Å². The Kier molecular flexibility index (Phi) is 5.42.